The molecule has 3 nitrogen and oxygen atoms in total. The molecule has 0 fully saturated rings. The van der Waals surface area contributed by atoms with Crippen molar-refractivity contribution in [3.63, 3.8) is 0 Å². The predicted octanol–water partition coefficient (Wildman–Crippen LogP) is 2.22. The lowest BCUT2D eigenvalue weighted by Crippen LogP contribution is -1.81. The summed E-state index contributed by atoms with van der Waals surface area (Å²) < 4.78 is 0. The van der Waals surface area contributed by atoms with E-state index in [9.17, 15) is 10.1 Å². The number of thiol groups is 1. The summed E-state index contributed by atoms with van der Waals surface area (Å²) in [5, 5.41) is 9.94. The van der Waals surface area contributed by atoms with Gasteiger partial charge >= 0.3 is 0 Å². The lowest BCUT2D eigenvalue weighted by molar-refractivity contribution is -0.400. The number of hydrogen-bond acceptors (Lipinski definition) is 3. The third-order valence-corrected chi connectivity index (χ3v) is 1.58. The summed E-state index contributed by atoms with van der Waals surface area (Å²) in [7, 11) is 0. The molecule has 0 aliphatic rings. The Labute approximate surface area is 75.3 Å². The van der Waals surface area contributed by atoms with Crippen LogP contribution in [0.4, 0.5) is 0 Å². The fraction of sp³-hybridized carbons (Fsp3) is 0. The summed E-state index contributed by atoms with van der Waals surface area (Å²) >= 11 is 4.08. The number of benzene rings is 1. The standard InChI is InChI=1S/C8H7NO2S/c10-9(11)6-5-7-1-3-8(12)4-2-7/h1-6,12H. The molecule has 0 saturated heterocycles. The Morgan fingerprint density at radius 2 is 1.92 bits per heavy atom. The van der Waals surface area contributed by atoms with Crippen molar-refractivity contribution >= 4 is 18.7 Å². The maximum absolute atomic E-state index is 9.94. The van der Waals surface area contributed by atoms with Crippen molar-refractivity contribution in [2.45, 2.75) is 4.90 Å². The number of rotatable bonds is 2. The summed E-state index contributed by atoms with van der Waals surface area (Å²) in [6.45, 7) is 0. The van der Waals surface area contributed by atoms with Gasteiger partial charge in [0.2, 0.25) is 6.20 Å². The van der Waals surface area contributed by atoms with E-state index in [0.717, 1.165) is 16.7 Å². The van der Waals surface area contributed by atoms with Gasteiger partial charge in [0.05, 0.1) is 4.92 Å². The molecule has 12 heavy (non-hydrogen) atoms. The topological polar surface area (TPSA) is 43.1 Å². The molecule has 0 unspecified atom stereocenters. The lowest BCUT2D eigenvalue weighted by atomic mass is 10.2. The monoisotopic (exact) mass is 181 g/mol. The Balaban J connectivity index is 2.77. The molecule has 0 aliphatic heterocycles. The Morgan fingerprint density at radius 3 is 2.42 bits per heavy atom. The molecule has 0 radical (unpaired) electrons. The normalized spacial score (nSPS) is 10.4. The summed E-state index contributed by atoms with van der Waals surface area (Å²) in [6, 6.07) is 7.09. The molecule has 0 spiro atoms. The van der Waals surface area contributed by atoms with Crippen molar-refractivity contribution in [1.29, 1.82) is 0 Å². The number of nitrogens with zero attached hydrogens (tertiary/aromatic N) is 1. The molecular formula is C8H7NO2S. The molecule has 4 heteroatoms. The van der Waals surface area contributed by atoms with Crippen LogP contribution >= 0.6 is 12.6 Å². The van der Waals surface area contributed by atoms with Gasteiger partial charge in [-0.3, -0.25) is 10.1 Å². The van der Waals surface area contributed by atoms with E-state index in [2.05, 4.69) is 12.6 Å². The van der Waals surface area contributed by atoms with E-state index in [4.69, 9.17) is 0 Å². The van der Waals surface area contributed by atoms with E-state index in [1.54, 1.807) is 24.3 Å². The average molecular weight is 181 g/mol. The Morgan fingerprint density at radius 1 is 1.33 bits per heavy atom. The first-order chi connectivity index (χ1) is 5.68. The first-order valence-electron chi connectivity index (χ1n) is 3.29. The minimum atomic E-state index is -0.491. The van der Waals surface area contributed by atoms with Crippen molar-refractivity contribution in [2.75, 3.05) is 0 Å². The van der Waals surface area contributed by atoms with Crippen LogP contribution in [-0.4, -0.2) is 4.92 Å². The predicted molar refractivity (Wildman–Crippen MR) is 49.7 cm³/mol. The molecular weight excluding hydrogens is 174 g/mol. The third kappa shape index (κ3) is 2.75. The van der Waals surface area contributed by atoms with Gasteiger partial charge in [0.1, 0.15) is 0 Å². The van der Waals surface area contributed by atoms with Gasteiger partial charge in [0, 0.05) is 11.0 Å². The number of hydrogen-bond donors (Lipinski definition) is 1. The lowest BCUT2D eigenvalue weighted by Gasteiger charge is -1.91. The molecule has 0 aromatic heterocycles. The summed E-state index contributed by atoms with van der Waals surface area (Å²) in [5.41, 5.74) is 0.796. The highest BCUT2D eigenvalue weighted by atomic mass is 32.1. The minimum absolute atomic E-state index is 0.491. The van der Waals surface area contributed by atoms with Crippen molar-refractivity contribution in [3.05, 3.63) is 46.1 Å². The molecule has 62 valence electrons. The molecule has 0 atom stereocenters. The van der Waals surface area contributed by atoms with Crippen molar-refractivity contribution < 1.29 is 4.92 Å². The van der Waals surface area contributed by atoms with Crippen LogP contribution in [0.15, 0.2) is 35.4 Å². The van der Waals surface area contributed by atoms with Gasteiger partial charge in [-0.15, -0.1) is 12.6 Å². The van der Waals surface area contributed by atoms with Gasteiger partial charge in [-0.25, -0.2) is 0 Å². The van der Waals surface area contributed by atoms with Gasteiger partial charge in [-0.1, -0.05) is 12.1 Å². The average Bonchev–Trinajstić information content (AvgIpc) is 2.03. The molecule has 0 saturated carbocycles. The first kappa shape index (κ1) is 8.80. The van der Waals surface area contributed by atoms with Crippen molar-refractivity contribution in [1.82, 2.24) is 0 Å². The van der Waals surface area contributed by atoms with E-state index in [1.807, 2.05) is 0 Å². The molecule has 0 amide bonds. The highest BCUT2D eigenvalue weighted by Gasteiger charge is 1.89. The van der Waals surface area contributed by atoms with Gasteiger partial charge in [0.25, 0.3) is 0 Å². The van der Waals surface area contributed by atoms with E-state index >= 15 is 0 Å². The zero-order chi connectivity index (χ0) is 8.97. The highest BCUT2D eigenvalue weighted by Crippen LogP contribution is 2.08. The second kappa shape index (κ2) is 3.92. The third-order valence-electron chi connectivity index (χ3n) is 1.28. The second-order valence-electron chi connectivity index (χ2n) is 2.19. The van der Waals surface area contributed by atoms with Crippen LogP contribution in [0, 0.1) is 10.1 Å². The van der Waals surface area contributed by atoms with Gasteiger partial charge in [-0.2, -0.15) is 0 Å². The van der Waals surface area contributed by atoms with E-state index in [1.165, 1.54) is 6.08 Å². The second-order valence-corrected chi connectivity index (χ2v) is 2.71. The summed E-state index contributed by atoms with van der Waals surface area (Å²) in [5.74, 6) is 0. The van der Waals surface area contributed by atoms with Crippen LogP contribution in [0.2, 0.25) is 0 Å². The molecule has 0 N–H and O–H groups in total. The van der Waals surface area contributed by atoms with Crippen LogP contribution in [-0.2, 0) is 0 Å². The quantitative estimate of drug-likeness (QED) is 0.432. The van der Waals surface area contributed by atoms with Crippen LogP contribution in [0.1, 0.15) is 5.56 Å². The number of nitro groups is 1. The van der Waals surface area contributed by atoms with Crippen molar-refractivity contribution in [3.8, 4) is 0 Å². The van der Waals surface area contributed by atoms with Crippen LogP contribution in [0.3, 0.4) is 0 Å². The van der Waals surface area contributed by atoms with Crippen molar-refractivity contribution in [2.24, 2.45) is 0 Å². The fourth-order valence-electron chi connectivity index (χ4n) is 0.732. The van der Waals surface area contributed by atoms with E-state index < -0.39 is 4.92 Å². The zero-order valence-corrected chi connectivity index (χ0v) is 7.07. The molecule has 0 bridgehead atoms. The molecule has 1 rings (SSSR count). The Hall–Kier alpha value is -1.29. The zero-order valence-electron chi connectivity index (χ0n) is 6.18. The van der Waals surface area contributed by atoms with Gasteiger partial charge in [-0.05, 0) is 17.7 Å². The van der Waals surface area contributed by atoms with E-state index in [0.29, 0.717) is 0 Å². The van der Waals surface area contributed by atoms with Crippen LogP contribution in [0.5, 0.6) is 0 Å². The largest absolute Gasteiger partial charge is 0.259 e. The van der Waals surface area contributed by atoms with Crippen LogP contribution in [0.25, 0.3) is 6.08 Å². The Bertz CT molecular complexity index is 305. The maximum atomic E-state index is 9.94. The first-order valence-corrected chi connectivity index (χ1v) is 3.74. The maximum Gasteiger partial charge on any atom is 0.235 e. The molecule has 0 aliphatic carbocycles. The summed E-state index contributed by atoms with van der Waals surface area (Å²) in [6.07, 6.45) is 2.35. The van der Waals surface area contributed by atoms with Gasteiger partial charge < -0.3 is 0 Å². The minimum Gasteiger partial charge on any atom is -0.259 e. The molecule has 0 heterocycles. The molecule has 1 aromatic carbocycles. The smallest absolute Gasteiger partial charge is 0.235 e. The van der Waals surface area contributed by atoms with E-state index in [-0.39, 0.29) is 0 Å². The van der Waals surface area contributed by atoms with Gasteiger partial charge in [0.15, 0.2) is 0 Å². The fourth-order valence-corrected chi connectivity index (χ4v) is 0.881. The van der Waals surface area contributed by atoms with Crippen LogP contribution < -0.4 is 0 Å². The molecule has 1 aromatic rings. The Kier molecular flexibility index (Phi) is 2.88. The SMILES string of the molecule is O=[N+]([O-])C=Cc1ccc(S)cc1. The highest BCUT2D eigenvalue weighted by molar-refractivity contribution is 7.80. The summed E-state index contributed by atoms with van der Waals surface area (Å²) in [4.78, 5) is 10.3.